The maximum atomic E-state index is 11.6. The highest BCUT2D eigenvalue weighted by molar-refractivity contribution is 6.17. The molecular weight excluding hydrogens is 292 g/mol. The molecular formula is C16H15ClO4. The van der Waals surface area contributed by atoms with Crippen molar-refractivity contribution in [3.8, 4) is 0 Å². The Labute approximate surface area is 127 Å². The fraction of sp³-hybridized carbons (Fsp3) is 0.250. The second-order valence-corrected chi connectivity index (χ2v) is 5.00. The van der Waals surface area contributed by atoms with Crippen molar-refractivity contribution >= 4 is 23.5 Å². The summed E-state index contributed by atoms with van der Waals surface area (Å²) in [5.41, 5.74) is -0.0624. The minimum Gasteiger partial charge on any atom is -0.481 e. The number of benzene rings is 1. The van der Waals surface area contributed by atoms with E-state index in [9.17, 15) is 14.7 Å². The molecule has 2 atom stereocenters. The average molecular weight is 307 g/mol. The summed E-state index contributed by atoms with van der Waals surface area (Å²) in [6.45, 7) is 1.26. The fourth-order valence-corrected chi connectivity index (χ4v) is 2.78. The third-order valence-electron chi connectivity index (χ3n) is 3.38. The molecule has 0 fully saturated rings. The third-order valence-corrected chi connectivity index (χ3v) is 3.67. The Morgan fingerprint density at radius 1 is 1.33 bits per heavy atom. The van der Waals surface area contributed by atoms with Crippen LogP contribution < -0.4 is 0 Å². The molecule has 0 amide bonds. The molecule has 0 bridgehead atoms. The van der Waals surface area contributed by atoms with Gasteiger partial charge in [-0.05, 0) is 11.6 Å². The number of aliphatic carboxylic acids is 1. The first-order valence-electron chi connectivity index (χ1n) is 6.44. The van der Waals surface area contributed by atoms with Crippen molar-refractivity contribution in [2.45, 2.75) is 18.4 Å². The van der Waals surface area contributed by atoms with Gasteiger partial charge in [0.15, 0.2) is 5.60 Å². The van der Waals surface area contributed by atoms with E-state index < -0.39 is 23.5 Å². The van der Waals surface area contributed by atoms with Crippen LogP contribution in [0.1, 0.15) is 18.1 Å². The van der Waals surface area contributed by atoms with E-state index >= 15 is 0 Å². The number of carbonyl (C=O) groups excluding carboxylic acids is 1. The lowest BCUT2D eigenvalue weighted by Gasteiger charge is -2.37. The second kappa shape index (κ2) is 6.14. The van der Waals surface area contributed by atoms with E-state index in [4.69, 9.17) is 16.3 Å². The van der Waals surface area contributed by atoms with Gasteiger partial charge < -0.3 is 9.84 Å². The lowest BCUT2D eigenvalue weighted by Crippen LogP contribution is -2.42. The van der Waals surface area contributed by atoms with Crippen molar-refractivity contribution in [3.63, 3.8) is 0 Å². The lowest BCUT2D eigenvalue weighted by atomic mass is 9.76. The Bertz CT molecular complexity index is 620. The van der Waals surface area contributed by atoms with Crippen LogP contribution in [-0.4, -0.2) is 17.0 Å². The number of esters is 1. The molecule has 1 aromatic rings. The Balaban J connectivity index is 2.66. The molecule has 0 spiro atoms. The minimum absolute atomic E-state index is 0.198. The molecule has 21 heavy (non-hydrogen) atoms. The topological polar surface area (TPSA) is 63.6 Å². The van der Waals surface area contributed by atoms with E-state index in [2.05, 4.69) is 0 Å². The van der Waals surface area contributed by atoms with E-state index in [0.29, 0.717) is 5.56 Å². The first kappa shape index (κ1) is 15.3. The quantitative estimate of drug-likeness (QED) is 0.686. The standard InChI is InChI=1S/C16H15ClO4/c1-11(18)21-16(9-5-4-8-14(16)15(19)20)13-7-3-2-6-12(13)10-17/h2-9,14H,10H2,1H3,(H,19,20). The van der Waals surface area contributed by atoms with Crippen LogP contribution in [0.25, 0.3) is 0 Å². The molecule has 4 nitrogen and oxygen atoms in total. The Morgan fingerprint density at radius 2 is 2.05 bits per heavy atom. The van der Waals surface area contributed by atoms with Gasteiger partial charge in [0.05, 0.1) is 0 Å². The number of carboxylic acid groups (broad SMARTS) is 1. The number of carbonyl (C=O) groups is 2. The average Bonchev–Trinajstić information content (AvgIpc) is 2.46. The maximum absolute atomic E-state index is 11.6. The summed E-state index contributed by atoms with van der Waals surface area (Å²) in [5, 5.41) is 9.50. The van der Waals surface area contributed by atoms with E-state index in [1.807, 2.05) is 0 Å². The minimum atomic E-state index is -1.38. The number of halogens is 1. The van der Waals surface area contributed by atoms with Gasteiger partial charge in [0.25, 0.3) is 0 Å². The summed E-state index contributed by atoms with van der Waals surface area (Å²) >= 11 is 5.95. The van der Waals surface area contributed by atoms with Gasteiger partial charge in [0.1, 0.15) is 5.92 Å². The molecule has 0 aliphatic heterocycles. The van der Waals surface area contributed by atoms with Crippen molar-refractivity contribution < 1.29 is 19.4 Å². The normalized spacial score (nSPS) is 23.8. The zero-order chi connectivity index (χ0) is 15.5. The molecule has 2 unspecified atom stereocenters. The molecule has 2 rings (SSSR count). The predicted molar refractivity (Wildman–Crippen MR) is 78.8 cm³/mol. The number of rotatable bonds is 4. The van der Waals surface area contributed by atoms with Crippen LogP contribution in [0.15, 0.2) is 48.6 Å². The van der Waals surface area contributed by atoms with Crippen LogP contribution in [0, 0.1) is 5.92 Å². The highest BCUT2D eigenvalue weighted by Crippen LogP contribution is 2.41. The zero-order valence-electron chi connectivity index (χ0n) is 11.5. The van der Waals surface area contributed by atoms with E-state index in [0.717, 1.165) is 5.56 Å². The summed E-state index contributed by atoms with van der Waals surface area (Å²) in [6.07, 6.45) is 6.41. The first-order valence-corrected chi connectivity index (χ1v) is 6.97. The fourth-order valence-electron chi connectivity index (χ4n) is 2.55. The summed E-state index contributed by atoms with van der Waals surface area (Å²) < 4.78 is 5.46. The molecule has 1 N–H and O–H groups in total. The third kappa shape index (κ3) is 2.85. The van der Waals surface area contributed by atoms with Crippen LogP contribution in [-0.2, 0) is 25.8 Å². The van der Waals surface area contributed by atoms with Gasteiger partial charge in [0, 0.05) is 18.4 Å². The van der Waals surface area contributed by atoms with E-state index in [1.165, 1.54) is 13.0 Å². The molecule has 0 radical (unpaired) electrons. The number of carboxylic acids is 1. The highest BCUT2D eigenvalue weighted by atomic mass is 35.5. The van der Waals surface area contributed by atoms with Crippen LogP contribution in [0.5, 0.6) is 0 Å². The van der Waals surface area contributed by atoms with Crippen molar-refractivity contribution in [3.05, 3.63) is 59.7 Å². The molecule has 5 heteroatoms. The predicted octanol–water partition coefficient (Wildman–Crippen LogP) is 3.01. The highest BCUT2D eigenvalue weighted by Gasteiger charge is 2.46. The van der Waals surface area contributed by atoms with Gasteiger partial charge in [-0.2, -0.15) is 0 Å². The van der Waals surface area contributed by atoms with Crippen LogP contribution in [0.3, 0.4) is 0 Å². The number of ether oxygens (including phenoxy) is 1. The summed E-state index contributed by atoms with van der Waals surface area (Å²) in [6, 6.07) is 7.10. The Hall–Kier alpha value is -2.07. The van der Waals surface area contributed by atoms with Crippen molar-refractivity contribution in [2.24, 2.45) is 5.92 Å². The molecule has 1 aliphatic rings. The van der Waals surface area contributed by atoms with E-state index in [-0.39, 0.29) is 5.88 Å². The number of hydrogen-bond donors (Lipinski definition) is 1. The van der Waals surface area contributed by atoms with Gasteiger partial charge in [-0.15, -0.1) is 11.6 Å². The monoisotopic (exact) mass is 306 g/mol. The van der Waals surface area contributed by atoms with Crippen molar-refractivity contribution in [1.82, 2.24) is 0 Å². The Kier molecular flexibility index (Phi) is 4.48. The van der Waals surface area contributed by atoms with Gasteiger partial charge in [-0.1, -0.05) is 42.5 Å². The molecule has 0 saturated carbocycles. The number of alkyl halides is 1. The van der Waals surface area contributed by atoms with Crippen molar-refractivity contribution in [1.29, 1.82) is 0 Å². The first-order chi connectivity index (χ1) is 10.0. The smallest absolute Gasteiger partial charge is 0.315 e. The van der Waals surface area contributed by atoms with Crippen molar-refractivity contribution in [2.75, 3.05) is 0 Å². The molecule has 1 aromatic carbocycles. The summed E-state index contributed by atoms with van der Waals surface area (Å²) in [4.78, 5) is 23.2. The number of allylic oxidation sites excluding steroid dienone is 2. The molecule has 0 heterocycles. The largest absolute Gasteiger partial charge is 0.481 e. The Morgan fingerprint density at radius 3 is 2.67 bits per heavy atom. The SMILES string of the molecule is CC(=O)OC1(c2ccccc2CCl)C=CC=CC1C(=O)O. The summed E-state index contributed by atoms with van der Waals surface area (Å²) in [7, 11) is 0. The van der Waals surface area contributed by atoms with Crippen LogP contribution in [0.2, 0.25) is 0 Å². The summed E-state index contributed by atoms with van der Waals surface area (Å²) in [5.74, 6) is -2.43. The van der Waals surface area contributed by atoms with Gasteiger partial charge in [0.2, 0.25) is 0 Å². The second-order valence-electron chi connectivity index (χ2n) is 4.74. The molecule has 1 aliphatic carbocycles. The van der Waals surface area contributed by atoms with Gasteiger partial charge >= 0.3 is 11.9 Å². The lowest BCUT2D eigenvalue weighted by molar-refractivity contribution is -0.164. The van der Waals surface area contributed by atoms with E-state index in [1.54, 1.807) is 42.5 Å². The zero-order valence-corrected chi connectivity index (χ0v) is 12.2. The molecule has 0 aromatic heterocycles. The van der Waals surface area contributed by atoms with Crippen LogP contribution >= 0.6 is 11.6 Å². The molecule has 0 saturated heterocycles. The van der Waals surface area contributed by atoms with Gasteiger partial charge in [-0.25, -0.2) is 0 Å². The maximum Gasteiger partial charge on any atom is 0.315 e. The van der Waals surface area contributed by atoms with Crippen LogP contribution in [0.4, 0.5) is 0 Å². The molecule has 110 valence electrons. The number of hydrogen-bond acceptors (Lipinski definition) is 3. The van der Waals surface area contributed by atoms with Gasteiger partial charge in [-0.3, -0.25) is 9.59 Å².